The third-order valence-electron chi connectivity index (χ3n) is 4.59. The number of allylic oxidation sites excluding steroid dienone is 1. The number of esters is 2. The number of ether oxygens (including phenoxy) is 2. The van der Waals surface area contributed by atoms with Crippen LogP contribution >= 0.6 is 0 Å². The average Bonchev–Trinajstić information content (AvgIpc) is 2.76. The molecule has 2 rings (SSSR count). The second-order valence-corrected chi connectivity index (χ2v) is 5.35. The zero-order chi connectivity index (χ0) is 13.3. The molecule has 0 saturated heterocycles. The van der Waals surface area contributed by atoms with E-state index in [1.807, 2.05) is 0 Å². The molecule has 0 amide bonds. The lowest BCUT2D eigenvalue weighted by molar-refractivity contribution is -0.173. The van der Waals surface area contributed by atoms with Gasteiger partial charge in [0.05, 0.1) is 14.2 Å². The van der Waals surface area contributed by atoms with Crippen LogP contribution in [0, 0.1) is 17.3 Å². The second kappa shape index (κ2) is 4.75. The van der Waals surface area contributed by atoms with Crippen molar-refractivity contribution in [2.24, 2.45) is 17.3 Å². The van der Waals surface area contributed by atoms with Gasteiger partial charge in [-0.1, -0.05) is 12.2 Å². The summed E-state index contributed by atoms with van der Waals surface area (Å²) in [5.74, 6) is -0.486. The maximum atomic E-state index is 12.1. The number of hydrogen-bond acceptors (Lipinski definition) is 4. The first-order valence-corrected chi connectivity index (χ1v) is 6.39. The molecular weight excluding hydrogens is 232 g/mol. The fourth-order valence-corrected chi connectivity index (χ4v) is 3.65. The van der Waals surface area contributed by atoms with Gasteiger partial charge in [-0.25, -0.2) is 0 Å². The molecule has 100 valence electrons. The van der Waals surface area contributed by atoms with Crippen LogP contribution in [-0.4, -0.2) is 26.2 Å². The van der Waals surface area contributed by atoms with Gasteiger partial charge in [0.15, 0.2) is 5.41 Å². The lowest BCUT2D eigenvalue weighted by atomic mass is 9.68. The van der Waals surface area contributed by atoms with Gasteiger partial charge >= 0.3 is 11.9 Å². The molecule has 2 aliphatic carbocycles. The molecule has 0 aliphatic heterocycles. The van der Waals surface area contributed by atoms with Crippen molar-refractivity contribution in [1.82, 2.24) is 0 Å². The molecule has 0 radical (unpaired) electrons. The van der Waals surface area contributed by atoms with Gasteiger partial charge in [-0.2, -0.15) is 0 Å². The quantitative estimate of drug-likeness (QED) is 0.429. The number of hydrogen-bond donors (Lipinski definition) is 0. The van der Waals surface area contributed by atoms with E-state index in [2.05, 4.69) is 6.58 Å². The Morgan fingerprint density at radius 2 is 1.83 bits per heavy atom. The van der Waals surface area contributed by atoms with Crippen LogP contribution in [0.3, 0.4) is 0 Å². The van der Waals surface area contributed by atoms with Crippen molar-refractivity contribution in [3.05, 3.63) is 12.2 Å². The first kappa shape index (κ1) is 13.1. The Hall–Kier alpha value is -1.32. The highest BCUT2D eigenvalue weighted by Gasteiger charge is 2.60. The molecule has 2 atom stereocenters. The fourth-order valence-electron chi connectivity index (χ4n) is 3.65. The van der Waals surface area contributed by atoms with Crippen molar-refractivity contribution in [3.8, 4) is 0 Å². The molecule has 2 fully saturated rings. The van der Waals surface area contributed by atoms with E-state index in [-0.39, 0.29) is 5.92 Å². The van der Waals surface area contributed by atoms with Crippen LogP contribution in [0.4, 0.5) is 0 Å². The van der Waals surface area contributed by atoms with E-state index >= 15 is 0 Å². The van der Waals surface area contributed by atoms with Crippen LogP contribution in [0.1, 0.15) is 32.1 Å². The van der Waals surface area contributed by atoms with Crippen molar-refractivity contribution in [3.63, 3.8) is 0 Å². The fraction of sp³-hybridized carbons (Fsp3) is 0.714. The van der Waals surface area contributed by atoms with Gasteiger partial charge in [0.2, 0.25) is 0 Å². The Balaban J connectivity index is 2.38. The second-order valence-electron chi connectivity index (χ2n) is 5.35. The third kappa shape index (κ3) is 1.74. The van der Waals surface area contributed by atoms with Crippen molar-refractivity contribution in [1.29, 1.82) is 0 Å². The molecular formula is C14H20O4. The Kier molecular flexibility index (Phi) is 3.46. The van der Waals surface area contributed by atoms with Gasteiger partial charge in [0.25, 0.3) is 0 Å². The molecule has 0 aromatic carbocycles. The maximum Gasteiger partial charge on any atom is 0.323 e. The normalized spacial score (nSPS) is 29.6. The Labute approximate surface area is 107 Å². The van der Waals surface area contributed by atoms with E-state index in [1.54, 1.807) is 0 Å². The molecule has 2 aliphatic rings. The van der Waals surface area contributed by atoms with Gasteiger partial charge < -0.3 is 9.47 Å². The average molecular weight is 252 g/mol. The van der Waals surface area contributed by atoms with E-state index in [4.69, 9.17) is 9.47 Å². The molecule has 0 bridgehead atoms. The minimum Gasteiger partial charge on any atom is -0.468 e. The number of carbonyl (C=O) groups is 2. The van der Waals surface area contributed by atoms with Crippen LogP contribution in [-0.2, 0) is 19.1 Å². The van der Waals surface area contributed by atoms with Crippen molar-refractivity contribution in [2.75, 3.05) is 14.2 Å². The predicted molar refractivity (Wildman–Crippen MR) is 65.7 cm³/mol. The molecule has 0 aromatic heterocycles. The van der Waals surface area contributed by atoms with Crippen LogP contribution < -0.4 is 0 Å². The SMILES string of the molecule is C=C1CCC2CCC(C(=O)OC)(C(=O)OC)C2C1. The Morgan fingerprint density at radius 1 is 1.22 bits per heavy atom. The maximum absolute atomic E-state index is 12.1. The molecule has 2 unspecified atom stereocenters. The highest BCUT2D eigenvalue weighted by atomic mass is 16.5. The zero-order valence-electron chi connectivity index (χ0n) is 11.0. The van der Waals surface area contributed by atoms with Crippen molar-refractivity contribution < 1.29 is 19.1 Å². The number of rotatable bonds is 2. The first-order chi connectivity index (χ1) is 8.56. The molecule has 4 heteroatoms. The van der Waals surface area contributed by atoms with E-state index in [0.29, 0.717) is 12.3 Å². The van der Waals surface area contributed by atoms with Gasteiger partial charge in [-0.05, 0) is 43.9 Å². The number of carbonyl (C=O) groups excluding carboxylic acids is 2. The summed E-state index contributed by atoms with van der Waals surface area (Å²) in [6, 6.07) is 0. The summed E-state index contributed by atoms with van der Waals surface area (Å²) in [6.07, 6.45) is 4.17. The molecule has 0 N–H and O–H groups in total. The molecule has 0 spiro atoms. The van der Waals surface area contributed by atoms with Crippen LogP contribution in [0.25, 0.3) is 0 Å². The third-order valence-corrected chi connectivity index (χ3v) is 4.59. The van der Waals surface area contributed by atoms with E-state index in [0.717, 1.165) is 31.3 Å². The molecule has 4 nitrogen and oxygen atoms in total. The minimum absolute atomic E-state index is 0.00125. The van der Waals surface area contributed by atoms with Crippen molar-refractivity contribution in [2.45, 2.75) is 32.1 Å². The lowest BCUT2D eigenvalue weighted by Gasteiger charge is -2.35. The van der Waals surface area contributed by atoms with Gasteiger partial charge in [0.1, 0.15) is 0 Å². The standard InChI is InChI=1S/C14H20O4/c1-9-4-5-10-6-7-14(11(10)8-9,12(15)17-2)13(16)18-3/h10-11H,1,4-8H2,2-3H3. The largest absolute Gasteiger partial charge is 0.468 e. The van der Waals surface area contributed by atoms with Gasteiger partial charge in [-0.3, -0.25) is 9.59 Å². The highest BCUT2D eigenvalue weighted by molar-refractivity contribution is 6.00. The van der Waals surface area contributed by atoms with Crippen LogP contribution in [0.5, 0.6) is 0 Å². The molecule has 0 heterocycles. The summed E-state index contributed by atoms with van der Waals surface area (Å²) in [5.41, 5.74) is 0.0210. The van der Waals surface area contributed by atoms with Gasteiger partial charge in [0, 0.05) is 0 Å². The lowest BCUT2D eigenvalue weighted by Crippen LogP contribution is -2.46. The van der Waals surface area contributed by atoms with Crippen molar-refractivity contribution >= 4 is 11.9 Å². The van der Waals surface area contributed by atoms with E-state index < -0.39 is 17.4 Å². The Morgan fingerprint density at radius 3 is 2.39 bits per heavy atom. The van der Waals surface area contributed by atoms with Crippen LogP contribution in [0.15, 0.2) is 12.2 Å². The summed E-state index contributed by atoms with van der Waals surface area (Å²) in [7, 11) is 2.66. The summed E-state index contributed by atoms with van der Waals surface area (Å²) in [6.45, 7) is 4.01. The topological polar surface area (TPSA) is 52.6 Å². The molecule has 2 saturated carbocycles. The summed E-state index contributed by atoms with van der Waals surface area (Å²) >= 11 is 0. The van der Waals surface area contributed by atoms with Crippen LogP contribution in [0.2, 0.25) is 0 Å². The first-order valence-electron chi connectivity index (χ1n) is 6.39. The highest BCUT2D eigenvalue weighted by Crippen LogP contribution is 2.55. The van der Waals surface area contributed by atoms with E-state index in [9.17, 15) is 9.59 Å². The smallest absolute Gasteiger partial charge is 0.323 e. The minimum atomic E-state index is -1.10. The predicted octanol–water partition coefficient (Wildman–Crippen LogP) is 2.09. The number of methoxy groups -OCH3 is 2. The summed E-state index contributed by atoms with van der Waals surface area (Å²) in [4.78, 5) is 24.3. The summed E-state index contributed by atoms with van der Waals surface area (Å²) < 4.78 is 9.75. The monoisotopic (exact) mass is 252 g/mol. The number of fused-ring (bicyclic) bond motifs is 1. The molecule has 0 aromatic rings. The summed E-state index contributed by atoms with van der Waals surface area (Å²) in [5, 5.41) is 0. The van der Waals surface area contributed by atoms with E-state index in [1.165, 1.54) is 14.2 Å². The zero-order valence-corrected chi connectivity index (χ0v) is 11.0. The van der Waals surface area contributed by atoms with Gasteiger partial charge in [-0.15, -0.1) is 0 Å². The molecule has 18 heavy (non-hydrogen) atoms. The Bertz CT molecular complexity index is 369.